The van der Waals surface area contributed by atoms with Gasteiger partial charge in [0, 0.05) is 24.6 Å². The normalized spacial score (nSPS) is 15.7. The maximum Gasteiger partial charge on any atom is 0.326 e. The highest BCUT2D eigenvalue weighted by Gasteiger charge is 2.35. The van der Waals surface area contributed by atoms with Gasteiger partial charge in [-0.15, -0.1) is 0 Å². The molecule has 140 valence electrons. The quantitative estimate of drug-likeness (QED) is 0.640. The molecule has 0 radical (unpaired) electrons. The van der Waals surface area contributed by atoms with E-state index in [2.05, 4.69) is 0 Å². The van der Waals surface area contributed by atoms with Crippen molar-refractivity contribution in [1.82, 2.24) is 4.90 Å². The van der Waals surface area contributed by atoms with Gasteiger partial charge in [-0.2, -0.15) is 0 Å². The summed E-state index contributed by atoms with van der Waals surface area (Å²) in [5, 5.41) is 20.9. The first-order chi connectivity index (χ1) is 12.9. The average molecular weight is 370 g/mol. The van der Waals surface area contributed by atoms with E-state index in [4.69, 9.17) is 4.74 Å². The molecule has 1 aliphatic rings. The number of carbonyl (C=O) groups excluding carboxylic acids is 1. The molecule has 27 heavy (non-hydrogen) atoms. The number of rotatable bonds is 5. The molecule has 1 atom stereocenters. The Morgan fingerprint density at radius 2 is 1.96 bits per heavy atom. The van der Waals surface area contributed by atoms with Gasteiger partial charge in [-0.3, -0.25) is 14.9 Å². The number of carboxylic acid groups (broad SMARTS) is 1. The van der Waals surface area contributed by atoms with Gasteiger partial charge in [-0.25, -0.2) is 4.79 Å². The van der Waals surface area contributed by atoms with Crippen LogP contribution in [0.3, 0.4) is 0 Å². The summed E-state index contributed by atoms with van der Waals surface area (Å²) < 4.78 is 5.22. The van der Waals surface area contributed by atoms with Crippen molar-refractivity contribution in [3.63, 3.8) is 0 Å². The standard InChI is InChI=1S/C19H18N2O6/c1-2-27-17-8-7-13(10-15(17)21(25)26)18(22)20-11-14-6-4-3-5-12(14)9-16(20)19(23)24/h3-8,10,16H,2,9,11H2,1H3,(H,23,24). The van der Waals surface area contributed by atoms with Crippen LogP contribution >= 0.6 is 0 Å². The van der Waals surface area contributed by atoms with Gasteiger partial charge in [0.15, 0.2) is 5.75 Å². The lowest BCUT2D eigenvalue weighted by Gasteiger charge is -2.34. The number of amides is 1. The fraction of sp³-hybridized carbons (Fsp3) is 0.263. The number of hydrogen-bond donors (Lipinski definition) is 1. The lowest BCUT2D eigenvalue weighted by Crippen LogP contribution is -2.48. The minimum atomic E-state index is -1.11. The third-order valence-corrected chi connectivity index (χ3v) is 4.50. The maximum atomic E-state index is 13.0. The van der Waals surface area contributed by atoms with Gasteiger partial charge in [-0.05, 0) is 30.2 Å². The summed E-state index contributed by atoms with van der Waals surface area (Å²) in [4.78, 5) is 36.6. The highest BCUT2D eigenvalue weighted by Crippen LogP contribution is 2.30. The van der Waals surface area contributed by atoms with Gasteiger partial charge in [0.25, 0.3) is 5.91 Å². The molecule has 1 heterocycles. The van der Waals surface area contributed by atoms with Gasteiger partial charge in [-0.1, -0.05) is 24.3 Å². The monoisotopic (exact) mass is 370 g/mol. The number of hydrogen-bond acceptors (Lipinski definition) is 5. The number of carbonyl (C=O) groups is 2. The maximum absolute atomic E-state index is 13.0. The second-order valence-corrected chi connectivity index (χ2v) is 6.13. The molecule has 1 N–H and O–H groups in total. The molecule has 8 heteroatoms. The molecule has 0 aliphatic carbocycles. The van der Waals surface area contributed by atoms with Crippen LogP contribution in [0, 0.1) is 10.1 Å². The Hall–Kier alpha value is -3.42. The highest BCUT2D eigenvalue weighted by atomic mass is 16.6. The second kappa shape index (κ2) is 7.45. The van der Waals surface area contributed by atoms with Crippen molar-refractivity contribution in [1.29, 1.82) is 0 Å². The SMILES string of the molecule is CCOc1ccc(C(=O)N2Cc3ccccc3CC2C(=O)O)cc1[N+](=O)[O-]. The number of carboxylic acids is 1. The predicted molar refractivity (Wildman–Crippen MR) is 95.7 cm³/mol. The summed E-state index contributed by atoms with van der Waals surface area (Å²) in [5.41, 5.74) is 1.47. The van der Waals surface area contributed by atoms with Crippen LogP contribution in [0.2, 0.25) is 0 Å². The zero-order valence-corrected chi connectivity index (χ0v) is 14.6. The van der Waals surface area contributed by atoms with Crippen molar-refractivity contribution in [3.05, 3.63) is 69.3 Å². The van der Waals surface area contributed by atoms with Crippen molar-refractivity contribution < 1.29 is 24.4 Å². The van der Waals surface area contributed by atoms with Crippen LogP contribution in [-0.2, 0) is 17.8 Å². The molecule has 1 amide bonds. The van der Waals surface area contributed by atoms with Crippen molar-refractivity contribution in [2.45, 2.75) is 25.9 Å². The van der Waals surface area contributed by atoms with Crippen LogP contribution in [0.25, 0.3) is 0 Å². The molecular formula is C19H18N2O6. The van der Waals surface area contributed by atoms with Gasteiger partial charge < -0.3 is 14.7 Å². The summed E-state index contributed by atoms with van der Waals surface area (Å²) in [6.07, 6.45) is 0.191. The van der Waals surface area contributed by atoms with E-state index < -0.39 is 22.8 Å². The van der Waals surface area contributed by atoms with Crippen molar-refractivity contribution in [3.8, 4) is 5.75 Å². The number of fused-ring (bicyclic) bond motifs is 1. The third kappa shape index (κ3) is 3.59. The second-order valence-electron chi connectivity index (χ2n) is 6.13. The number of benzene rings is 2. The fourth-order valence-electron chi connectivity index (χ4n) is 3.19. The van der Waals surface area contributed by atoms with E-state index in [1.54, 1.807) is 6.92 Å². The van der Waals surface area contributed by atoms with Crippen LogP contribution in [0.5, 0.6) is 5.75 Å². The Morgan fingerprint density at radius 3 is 2.59 bits per heavy atom. The molecule has 2 aromatic rings. The molecular weight excluding hydrogens is 352 g/mol. The van der Waals surface area contributed by atoms with Gasteiger partial charge in [0.05, 0.1) is 11.5 Å². The average Bonchev–Trinajstić information content (AvgIpc) is 2.66. The molecule has 1 unspecified atom stereocenters. The van der Waals surface area contributed by atoms with E-state index in [9.17, 15) is 24.8 Å². The molecule has 0 bridgehead atoms. The largest absolute Gasteiger partial charge is 0.487 e. The third-order valence-electron chi connectivity index (χ3n) is 4.50. The Kier molecular flexibility index (Phi) is 5.07. The number of nitro groups is 1. The first kappa shape index (κ1) is 18.4. The zero-order chi connectivity index (χ0) is 19.6. The number of nitrogens with zero attached hydrogens (tertiary/aromatic N) is 2. The van der Waals surface area contributed by atoms with Gasteiger partial charge in [0.1, 0.15) is 6.04 Å². The van der Waals surface area contributed by atoms with E-state index >= 15 is 0 Å². The topological polar surface area (TPSA) is 110 Å². The molecule has 1 aliphatic heterocycles. The van der Waals surface area contributed by atoms with Crippen LogP contribution in [0.4, 0.5) is 5.69 Å². The van der Waals surface area contributed by atoms with Crippen LogP contribution < -0.4 is 4.74 Å². The van der Waals surface area contributed by atoms with E-state index in [1.807, 2.05) is 24.3 Å². The molecule has 2 aromatic carbocycles. The zero-order valence-electron chi connectivity index (χ0n) is 14.6. The van der Waals surface area contributed by atoms with E-state index in [-0.39, 0.29) is 36.6 Å². The van der Waals surface area contributed by atoms with Crippen molar-refractivity contribution in [2.75, 3.05) is 6.61 Å². The van der Waals surface area contributed by atoms with Crippen LogP contribution in [0.1, 0.15) is 28.4 Å². The Bertz CT molecular complexity index is 911. The smallest absolute Gasteiger partial charge is 0.326 e. The molecule has 0 spiro atoms. The van der Waals surface area contributed by atoms with Crippen LogP contribution in [-0.4, -0.2) is 39.5 Å². The first-order valence-corrected chi connectivity index (χ1v) is 8.44. The summed E-state index contributed by atoms with van der Waals surface area (Å²) in [6, 6.07) is 10.2. The lowest BCUT2D eigenvalue weighted by atomic mass is 9.93. The summed E-state index contributed by atoms with van der Waals surface area (Å²) in [6.45, 7) is 2.08. The van der Waals surface area contributed by atoms with E-state index in [1.165, 1.54) is 17.0 Å². The van der Waals surface area contributed by atoms with Crippen molar-refractivity contribution >= 4 is 17.6 Å². The Labute approximate surface area is 155 Å². The number of aliphatic carboxylic acids is 1. The van der Waals surface area contributed by atoms with Gasteiger partial charge >= 0.3 is 11.7 Å². The first-order valence-electron chi connectivity index (χ1n) is 8.44. The summed E-state index contributed by atoms with van der Waals surface area (Å²) in [5.74, 6) is -1.61. The molecule has 0 saturated carbocycles. The minimum absolute atomic E-state index is 0.0517. The minimum Gasteiger partial charge on any atom is -0.487 e. The fourth-order valence-corrected chi connectivity index (χ4v) is 3.19. The molecule has 0 aromatic heterocycles. The summed E-state index contributed by atoms with van der Waals surface area (Å²) >= 11 is 0. The summed E-state index contributed by atoms with van der Waals surface area (Å²) in [7, 11) is 0. The highest BCUT2D eigenvalue weighted by molar-refractivity contribution is 5.97. The van der Waals surface area contributed by atoms with E-state index in [0.29, 0.717) is 0 Å². The number of nitro benzene ring substituents is 1. The lowest BCUT2D eigenvalue weighted by molar-refractivity contribution is -0.385. The predicted octanol–water partition coefficient (Wildman–Crippen LogP) is 2.65. The molecule has 0 saturated heterocycles. The molecule has 0 fully saturated rings. The Morgan fingerprint density at radius 1 is 1.26 bits per heavy atom. The molecule has 3 rings (SSSR count). The van der Waals surface area contributed by atoms with Crippen molar-refractivity contribution in [2.24, 2.45) is 0 Å². The molecule has 8 nitrogen and oxygen atoms in total. The van der Waals surface area contributed by atoms with Crippen LogP contribution in [0.15, 0.2) is 42.5 Å². The van der Waals surface area contributed by atoms with E-state index in [0.717, 1.165) is 17.2 Å². The Balaban J connectivity index is 1.97. The number of ether oxygens (including phenoxy) is 1. The van der Waals surface area contributed by atoms with Gasteiger partial charge in [0.2, 0.25) is 0 Å².